The molecule has 0 unspecified atom stereocenters. The van der Waals surface area contributed by atoms with Gasteiger partial charge < -0.3 is 0 Å². The van der Waals surface area contributed by atoms with Crippen molar-refractivity contribution in [3.05, 3.63) is 152 Å². The average molecular weight is 558 g/mol. The summed E-state index contributed by atoms with van der Waals surface area (Å²) >= 11 is 0. The summed E-state index contributed by atoms with van der Waals surface area (Å²) in [5.74, 6) is 0.914. The molecule has 0 fully saturated rings. The van der Waals surface area contributed by atoms with Crippen molar-refractivity contribution in [1.29, 1.82) is 0 Å². The minimum Gasteiger partial charge on any atom is -0.293 e. The van der Waals surface area contributed by atoms with E-state index in [1.165, 1.54) is 38.0 Å². The molecule has 202 valence electrons. The first-order valence-corrected chi connectivity index (χ1v) is 17.3. The second kappa shape index (κ2) is 10.7. The second-order valence-corrected chi connectivity index (χ2v) is 15.5. The van der Waals surface area contributed by atoms with Gasteiger partial charge in [-0.1, -0.05) is 133 Å². The van der Waals surface area contributed by atoms with Gasteiger partial charge in [0.15, 0.2) is 0 Å². The van der Waals surface area contributed by atoms with E-state index in [-0.39, 0.29) is 0 Å². The fraction of sp³-hybridized carbons (Fsp3) is 0.0526. The van der Waals surface area contributed by atoms with Gasteiger partial charge in [0.2, 0.25) is 0 Å². The molecular formula is C38H31N3Si. The lowest BCUT2D eigenvalue weighted by molar-refractivity contribution is 1.05. The van der Waals surface area contributed by atoms with Crippen molar-refractivity contribution >= 4 is 29.4 Å². The number of benzene rings is 4. The highest BCUT2D eigenvalue weighted by molar-refractivity contribution is 7.00. The summed E-state index contributed by atoms with van der Waals surface area (Å²) in [6.07, 6.45) is 3.74. The summed E-state index contributed by atoms with van der Waals surface area (Å²) in [6.45, 7) is 4.88. The van der Waals surface area contributed by atoms with E-state index < -0.39 is 8.07 Å². The van der Waals surface area contributed by atoms with Crippen LogP contribution in [-0.4, -0.2) is 22.6 Å². The van der Waals surface area contributed by atoms with Gasteiger partial charge in [-0.25, -0.2) is 4.98 Å². The predicted octanol–water partition coefficient (Wildman–Crippen LogP) is 8.24. The van der Waals surface area contributed by atoms with Gasteiger partial charge in [-0.3, -0.25) is 9.55 Å². The van der Waals surface area contributed by atoms with E-state index in [1.807, 2.05) is 30.6 Å². The molecule has 0 aliphatic heterocycles. The first kappa shape index (κ1) is 25.9. The molecule has 0 radical (unpaired) electrons. The van der Waals surface area contributed by atoms with Crippen LogP contribution in [0.5, 0.6) is 0 Å². The van der Waals surface area contributed by atoms with E-state index in [9.17, 15) is 0 Å². The normalized spacial score (nSPS) is 11.6. The van der Waals surface area contributed by atoms with E-state index in [1.54, 1.807) is 0 Å². The highest BCUT2D eigenvalue weighted by Crippen LogP contribution is 2.42. The molecule has 0 saturated heterocycles. The van der Waals surface area contributed by atoms with Gasteiger partial charge in [-0.05, 0) is 47.0 Å². The Morgan fingerprint density at radius 1 is 0.524 bits per heavy atom. The Hall–Kier alpha value is -5.06. The fourth-order valence-electron chi connectivity index (χ4n) is 5.93. The molecule has 0 saturated carbocycles. The molecule has 0 aliphatic rings. The third-order valence-electron chi connectivity index (χ3n) is 8.22. The van der Waals surface area contributed by atoms with Crippen molar-refractivity contribution in [2.45, 2.75) is 13.1 Å². The monoisotopic (exact) mass is 557 g/mol. The Bertz CT molecular complexity index is 1980. The molecule has 4 aromatic carbocycles. The van der Waals surface area contributed by atoms with Gasteiger partial charge in [0.25, 0.3) is 0 Å². The quantitative estimate of drug-likeness (QED) is 0.193. The van der Waals surface area contributed by atoms with Gasteiger partial charge in [0.05, 0.1) is 16.9 Å². The molecule has 3 heterocycles. The number of hydrogen-bond donors (Lipinski definition) is 0. The largest absolute Gasteiger partial charge is 0.293 e. The molecule has 3 aromatic heterocycles. The van der Waals surface area contributed by atoms with E-state index >= 15 is 0 Å². The third kappa shape index (κ3) is 4.56. The maximum atomic E-state index is 4.85. The van der Waals surface area contributed by atoms with Crippen LogP contribution in [0, 0.1) is 0 Å². The molecule has 0 aliphatic carbocycles. The molecule has 42 heavy (non-hydrogen) atoms. The van der Waals surface area contributed by atoms with Crippen molar-refractivity contribution in [2.24, 2.45) is 0 Å². The number of hydrogen-bond acceptors (Lipinski definition) is 2. The van der Waals surface area contributed by atoms with Crippen LogP contribution in [0.25, 0.3) is 50.4 Å². The van der Waals surface area contributed by atoms with E-state index in [4.69, 9.17) is 4.98 Å². The summed E-state index contributed by atoms with van der Waals surface area (Å²) in [5.41, 5.74) is 8.08. The Morgan fingerprint density at radius 3 is 1.86 bits per heavy atom. The highest BCUT2D eigenvalue weighted by Gasteiger charge is 2.29. The van der Waals surface area contributed by atoms with Crippen molar-refractivity contribution in [2.75, 3.05) is 0 Å². The summed E-state index contributed by atoms with van der Waals surface area (Å²) in [7, 11) is -2.09. The number of aromatic nitrogens is 3. The molecule has 0 bridgehead atoms. The Balaban J connectivity index is 1.49. The first-order chi connectivity index (χ1) is 20.6. The van der Waals surface area contributed by atoms with Crippen LogP contribution >= 0.6 is 0 Å². The van der Waals surface area contributed by atoms with Crippen molar-refractivity contribution in [3.8, 4) is 39.5 Å². The second-order valence-electron chi connectivity index (χ2n) is 11.1. The van der Waals surface area contributed by atoms with E-state index in [0.29, 0.717) is 0 Å². The third-order valence-corrected chi connectivity index (χ3v) is 11.7. The van der Waals surface area contributed by atoms with Crippen molar-refractivity contribution in [3.63, 3.8) is 0 Å². The van der Waals surface area contributed by atoms with Gasteiger partial charge >= 0.3 is 0 Å². The van der Waals surface area contributed by atoms with Crippen LogP contribution in [0.15, 0.2) is 152 Å². The predicted molar refractivity (Wildman–Crippen MR) is 178 cm³/mol. The summed E-state index contributed by atoms with van der Waals surface area (Å²) in [6, 6.07) is 49.7. The maximum absolute atomic E-state index is 4.85. The maximum Gasteiger partial charge on any atom is 0.137 e. The van der Waals surface area contributed by atoms with Crippen LogP contribution in [0.3, 0.4) is 0 Å². The zero-order valence-corrected chi connectivity index (χ0v) is 24.8. The average Bonchev–Trinajstić information content (AvgIpc) is 3.41. The molecule has 0 spiro atoms. The smallest absolute Gasteiger partial charge is 0.137 e. The van der Waals surface area contributed by atoms with E-state index in [2.05, 4.69) is 144 Å². The lowest BCUT2D eigenvalue weighted by Crippen LogP contribution is -2.52. The number of fused-ring (bicyclic) bond motifs is 1. The van der Waals surface area contributed by atoms with Crippen LogP contribution in [0.2, 0.25) is 13.1 Å². The van der Waals surface area contributed by atoms with Crippen LogP contribution in [0.4, 0.5) is 0 Å². The molecule has 7 rings (SSSR count). The number of nitrogens with zero attached hydrogens (tertiary/aromatic N) is 3. The molecule has 0 amide bonds. The molecule has 4 heteroatoms. The zero-order valence-electron chi connectivity index (χ0n) is 23.8. The van der Waals surface area contributed by atoms with Crippen LogP contribution in [0.1, 0.15) is 0 Å². The summed E-state index contributed by atoms with van der Waals surface area (Å²) in [4.78, 5) is 9.46. The Morgan fingerprint density at radius 2 is 1.17 bits per heavy atom. The van der Waals surface area contributed by atoms with Gasteiger partial charge in [0.1, 0.15) is 13.9 Å². The summed E-state index contributed by atoms with van der Waals surface area (Å²) in [5, 5.41) is 3.98. The lowest BCUT2D eigenvalue weighted by atomic mass is 9.98. The number of pyridine rings is 2. The van der Waals surface area contributed by atoms with Gasteiger partial charge in [-0.2, -0.15) is 0 Å². The molecular weight excluding hydrogens is 527 g/mol. The lowest BCUT2D eigenvalue weighted by Gasteiger charge is -2.25. The summed E-state index contributed by atoms with van der Waals surface area (Å²) < 4.78 is 2.35. The molecule has 7 aromatic rings. The van der Waals surface area contributed by atoms with Gasteiger partial charge in [-0.15, -0.1) is 0 Å². The van der Waals surface area contributed by atoms with E-state index in [0.717, 1.165) is 22.8 Å². The zero-order chi connectivity index (χ0) is 28.5. The minimum absolute atomic E-state index is 0.914. The SMILES string of the molecule is C[Si](C)(c1cccc(-c2ccccn2)c1)c1ccc2c(-c3ccccc3)c(-c3ccccc3)n(-c3ccccn3)c2c1. The topological polar surface area (TPSA) is 30.7 Å². The van der Waals surface area contributed by atoms with Crippen molar-refractivity contribution < 1.29 is 0 Å². The van der Waals surface area contributed by atoms with Gasteiger partial charge in [0, 0.05) is 23.3 Å². The highest BCUT2D eigenvalue weighted by atomic mass is 28.3. The minimum atomic E-state index is -2.09. The molecule has 0 N–H and O–H groups in total. The Labute approximate surface area is 247 Å². The first-order valence-electron chi connectivity index (χ1n) is 14.3. The van der Waals surface area contributed by atoms with Crippen molar-refractivity contribution in [1.82, 2.24) is 14.5 Å². The fourth-order valence-corrected chi connectivity index (χ4v) is 8.29. The molecule has 3 nitrogen and oxygen atoms in total. The Kier molecular flexibility index (Phi) is 6.61. The molecule has 0 atom stereocenters. The van der Waals surface area contributed by atoms with Crippen LogP contribution < -0.4 is 10.4 Å². The van der Waals surface area contributed by atoms with Crippen LogP contribution in [-0.2, 0) is 0 Å². The number of rotatable bonds is 6. The standard InChI is InChI=1S/C38H31N3Si/c1-42(2,31-19-13-18-30(26-31)34-20-9-11-24-39-34)32-22-23-33-35(27-32)41(36-21-10-12-25-40-36)38(29-16-7-4-8-17-29)37(33)28-14-5-3-6-15-28/h3-27H,1-2H3.